The first kappa shape index (κ1) is 18.4. The number of nitrogens with one attached hydrogen (secondary N) is 1. The number of sulfonamides is 1. The monoisotopic (exact) mass is 392 g/mol. The largest absolute Gasteiger partial charge is 0.324 e. The second-order valence-electron chi connectivity index (χ2n) is 6.02. The van der Waals surface area contributed by atoms with Gasteiger partial charge in [-0.1, -0.05) is 35.9 Å². The van der Waals surface area contributed by atoms with Crippen LogP contribution in [0.25, 0.3) is 0 Å². The molecule has 0 saturated carbocycles. The van der Waals surface area contributed by atoms with Crippen molar-refractivity contribution in [1.82, 2.24) is 4.31 Å². The molecule has 2 aromatic carbocycles. The highest BCUT2D eigenvalue weighted by Gasteiger charge is 2.44. The maximum atomic E-state index is 12.8. The maximum Gasteiger partial charge on any atom is 0.267 e. The molecule has 26 heavy (non-hydrogen) atoms. The van der Waals surface area contributed by atoms with E-state index in [2.05, 4.69) is 5.32 Å². The summed E-state index contributed by atoms with van der Waals surface area (Å²) in [6.45, 7) is 1.83. The van der Waals surface area contributed by atoms with Gasteiger partial charge in [0.15, 0.2) is 0 Å². The summed E-state index contributed by atoms with van der Waals surface area (Å²) in [5, 5.41) is 3.13. The Labute approximate surface area is 156 Å². The van der Waals surface area contributed by atoms with E-state index < -0.39 is 27.9 Å². The van der Waals surface area contributed by atoms with Crippen molar-refractivity contribution in [3.05, 3.63) is 59.1 Å². The van der Waals surface area contributed by atoms with Crippen LogP contribution in [0.15, 0.2) is 53.4 Å². The van der Waals surface area contributed by atoms with Gasteiger partial charge in [-0.3, -0.25) is 9.59 Å². The molecule has 1 N–H and O–H groups in total. The van der Waals surface area contributed by atoms with E-state index in [0.717, 1.165) is 5.56 Å². The summed E-state index contributed by atoms with van der Waals surface area (Å²) >= 11 is 6.05. The molecule has 0 radical (unpaired) electrons. The molecule has 1 aliphatic heterocycles. The molecule has 8 heteroatoms. The number of halogens is 1. The summed E-state index contributed by atoms with van der Waals surface area (Å²) in [4.78, 5) is 24.8. The lowest BCUT2D eigenvalue weighted by Crippen LogP contribution is -2.45. The predicted octanol–water partition coefficient (Wildman–Crippen LogP) is 2.97. The Morgan fingerprint density at radius 3 is 2.54 bits per heavy atom. The standard InChI is InChI=1S/C18H17ClN2O4S/c1-12-7-8-13(11-15(12)19)20-18(23)16-9-10-17(22)21(16)26(24,25)14-5-3-2-4-6-14/h2-8,11,16H,9-10H2,1H3,(H,20,23). The SMILES string of the molecule is Cc1ccc(NC(=O)C2CCC(=O)N2S(=O)(=O)c2ccccc2)cc1Cl. The Kier molecular flexibility index (Phi) is 5.02. The lowest BCUT2D eigenvalue weighted by Gasteiger charge is -2.23. The van der Waals surface area contributed by atoms with Gasteiger partial charge in [0.2, 0.25) is 11.8 Å². The third-order valence-electron chi connectivity index (χ3n) is 4.20. The van der Waals surface area contributed by atoms with E-state index >= 15 is 0 Å². The Hall–Kier alpha value is -2.38. The molecule has 0 bridgehead atoms. The fourth-order valence-corrected chi connectivity index (χ4v) is 4.61. The molecular formula is C18H17ClN2O4S. The Bertz CT molecular complexity index is 960. The van der Waals surface area contributed by atoms with Crippen LogP contribution in [0.4, 0.5) is 5.69 Å². The molecule has 2 amide bonds. The van der Waals surface area contributed by atoms with Gasteiger partial charge in [0.05, 0.1) is 4.90 Å². The normalized spacial score (nSPS) is 17.4. The number of anilines is 1. The summed E-state index contributed by atoms with van der Waals surface area (Å²) in [6.07, 6.45) is 0.134. The summed E-state index contributed by atoms with van der Waals surface area (Å²) in [5.74, 6) is -1.15. The molecular weight excluding hydrogens is 376 g/mol. The average Bonchev–Trinajstić information content (AvgIpc) is 3.01. The second kappa shape index (κ2) is 7.09. The van der Waals surface area contributed by atoms with E-state index in [1.165, 1.54) is 12.1 Å². The Balaban J connectivity index is 1.87. The zero-order valence-corrected chi connectivity index (χ0v) is 15.5. The highest BCUT2D eigenvalue weighted by atomic mass is 35.5. The molecule has 1 heterocycles. The quantitative estimate of drug-likeness (QED) is 0.867. The number of amides is 2. The van der Waals surface area contributed by atoms with Gasteiger partial charge < -0.3 is 5.32 Å². The van der Waals surface area contributed by atoms with E-state index in [9.17, 15) is 18.0 Å². The van der Waals surface area contributed by atoms with Gasteiger partial charge in [0, 0.05) is 17.1 Å². The van der Waals surface area contributed by atoms with Crippen LogP contribution < -0.4 is 5.32 Å². The molecule has 1 atom stereocenters. The van der Waals surface area contributed by atoms with Crippen molar-refractivity contribution in [3.63, 3.8) is 0 Å². The first-order valence-corrected chi connectivity index (χ1v) is 9.82. The van der Waals surface area contributed by atoms with Gasteiger partial charge in [-0.2, -0.15) is 0 Å². The van der Waals surface area contributed by atoms with Crippen molar-refractivity contribution >= 4 is 39.1 Å². The van der Waals surface area contributed by atoms with Crippen molar-refractivity contribution in [3.8, 4) is 0 Å². The number of carbonyl (C=O) groups is 2. The van der Waals surface area contributed by atoms with E-state index in [1.807, 2.05) is 6.92 Å². The fourth-order valence-electron chi connectivity index (χ4n) is 2.80. The number of benzene rings is 2. The smallest absolute Gasteiger partial charge is 0.267 e. The van der Waals surface area contributed by atoms with Crippen LogP contribution in [0, 0.1) is 6.92 Å². The van der Waals surface area contributed by atoms with Gasteiger partial charge in [0.1, 0.15) is 6.04 Å². The summed E-state index contributed by atoms with van der Waals surface area (Å²) in [5.41, 5.74) is 1.30. The van der Waals surface area contributed by atoms with Crippen LogP contribution in [0.3, 0.4) is 0 Å². The van der Waals surface area contributed by atoms with Crippen molar-refractivity contribution in [2.24, 2.45) is 0 Å². The van der Waals surface area contributed by atoms with Gasteiger partial charge in [-0.05, 0) is 43.2 Å². The predicted molar refractivity (Wildman–Crippen MR) is 98.3 cm³/mol. The molecule has 0 aromatic heterocycles. The Morgan fingerprint density at radius 2 is 1.88 bits per heavy atom. The molecule has 0 aliphatic carbocycles. The van der Waals surface area contributed by atoms with Crippen LogP contribution in [0.2, 0.25) is 5.02 Å². The average molecular weight is 393 g/mol. The van der Waals surface area contributed by atoms with Crippen LogP contribution in [-0.4, -0.2) is 30.6 Å². The number of carbonyl (C=O) groups excluding carboxylic acids is 2. The molecule has 3 rings (SSSR count). The number of aryl methyl sites for hydroxylation is 1. The Morgan fingerprint density at radius 1 is 1.19 bits per heavy atom. The van der Waals surface area contributed by atoms with Crippen LogP contribution in [0.1, 0.15) is 18.4 Å². The molecule has 1 fully saturated rings. The molecule has 6 nitrogen and oxygen atoms in total. The third-order valence-corrected chi connectivity index (χ3v) is 6.45. The second-order valence-corrected chi connectivity index (χ2v) is 8.24. The van der Waals surface area contributed by atoms with E-state index in [-0.39, 0.29) is 17.7 Å². The van der Waals surface area contributed by atoms with Gasteiger partial charge in [-0.15, -0.1) is 0 Å². The van der Waals surface area contributed by atoms with Gasteiger partial charge >= 0.3 is 0 Å². The van der Waals surface area contributed by atoms with Crippen molar-refractivity contribution in [2.45, 2.75) is 30.7 Å². The number of hydrogen-bond acceptors (Lipinski definition) is 4. The summed E-state index contributed by atoms with van der Waals surface area (Å²) in [7, 11) is -4.09. The van der Waals surface area contributed by atoms with Crippen molar-refractivity contribution in [1.29, 1.82) is 0 Å². The van der Waals surface area contributed by atoms with E-state index in [0.29, 0.717) is 15.0 Å². The topological polar surface area (TPSA) is 83.6 Å². The first-order chi connectivity index (χ1) is 12.3. The molecule has 0 spiro atoms. The highest BCUT2D eigenvalue weighted by molar-refractivity contribution is 7.89. The van der Waals surface area contributed by atoms with Crippen LogP contribution >= 0.6 is 11.6 Å². The number of rotatable bonds is 4. The van der Waals surface area contributed by atoms with Crippen molar-refractivity contribution in [2.75, 3.05) is 5.32 Å². The lowest BCUT2D eigenvalue weighted by molar-refractivity contribution is -0.128. The zero-order valence-electron chi connectivity index (χ0n) is 14.0. The zero-order chi connectivity index (χ0) is 18.9. The molecule has 1 unspecified atom stereocenters. The van der Waals surface area contributed by atoms with E-state index in [4.69, 9.17) is 11.6 Å². The highest BCUT2D eigenvalue weighted by Crippen LogP contribution is 2.28. The molecule has 1 saturated heterocycles. The van der Waals surface area contributed by atoms with Crippen LogP contribution in [0.5, 0.6) is 0 Å². The molecule has 2 aromatic rings. The summed E-state index contributed by atoms with van der Waals surface area (Å²) < 4.78 is 26.3. The van der Waals surface area contributed by atoms with Crippen molar-refractivity contribution < 1.29 is 18.0 Å². The first-order valence-electron chi connectivity index (χ1n) is 8.00. The lowest BCUT2D eigenvalue weighted by atomic mass is 10.2. The number of nitrogens with zero attached hydrogens (tertiary/aromatic N) is 1. The summed E-state index contributed by atoms with van der Waals surface area (Å²) in [6, 6.07) is 11.5. The minimum Gasteiger partial charge on any atom is -0.324 e. The van der Waals surface area contributed by atoms with Gasteiger partial charge in [-0.25, -0.2) is 12.7 Å². The van der Waals surface area contributed by atoms with Crippen LogP contribution in [-0.2, 0) is 19.6 Å². The van der Waals surface area contributed by atoms with Gasteiger partial charge in [0.25, 0.3) is 10.0 Å². The minimum atomic E-state index is -4.09. The molecule has 1 aliphatic rings. The third kappa shape index (κ3) is 3.45. The molecule has 136 valence electrons. The fraction of sp³-hybridized carbons (Fsp3) is 0.222. The van der Waals surface area contributed by atoms with E-state index in [1.54, 1.807) is 36.4 Å². The minimum absolute atomic E-state index is 0.00119. The maximum absolute atomic E-state index is 12.8. The number of hydrogen-bond donors (Lipinski definition) is 1.